The van der Waals surface area contributed by atoms with Crippen molar-refractivity contribution >= 4 is 17.7 Å². The number of nitrogens with one attached hydrogen (secondary N) is 1. The molecule has 1 N–H and O–H groups in total. The maximum absolute atomic E-state index is 11.6. The Labute approximate surface area is 95.5 Å². The van der Waals surface area contributed by atoms with Crippen LogP contribution in [0, 0.1) is 5.41 Å². The van der Waals surface area contributed by atoms with Gasteiger partial charge in [-0.3, -0.25) is 14.4 Å². The van der Waals surface area contributed by atoms with Crippen molar-refractivity contribution in [2.75, 3.05) is 7.11 Å². The standard InChI is InChI=1S/C11H19NO4/c1-7(13)8(6-9(14)16-5)12-10(15)11(2,3)4/h8H,6H2,1-5H3,(H,12,15). The number of ketones is 1. The molecular weight excluding hydrogens is 210 g/mol. The summed E-state index contributed by atoms with van der Waals surface area (Å²) in [5, 5.41) is 2.53. The zero-order valence-corrected chi connectivity index (χ0v) is 10.4. The summed E-state index contributed by atoms with van der Waals surface area (Å²) in [5.74, 6) is -1.05. The zero-order chi connectivity index (χ0) is 12.9. The molecule has 0 bridgehead atoms. The number of hydrogen-bond acceptors (Lipinski definition) is 4. The molecule has 0 aliphatic rings. The second-order valence-electron chi connectivity index (χ2n) is 4.67. The molecule has 1 unspecified atom stereocenters. The highest BCUT2D eigenvalue weighted by atomic mass is 16.5. The van der Waals surface area contributed by atoms with Crippen LogP contribution in [0.15, 0.2) is 0 Å². The Bertz CT molecular complexity index is 291. The number of carbonyl (C=O) groups is 3. The minimum atomic E-state index is -0.806. The molecule has 0 rings (SSSR count). The molecule has 0 spiro atoms. The summed E-state index contributed by atoms with van der Waals surface area (Å²) >= 11 is 0. The van der Waals surface area contributed by atoms with Gasteiger partial charge in [0.15, 0.2) is 5.78 Å². The smallest absolute Gasteiger partial charge is 0.308 e. The number of hydrogen-bond donors (Lipinski definition) is 1. The van der Waals surface area contributed by atoms with Crippen LogP contribution in [0.2, 0.25) is 0 Å². The highest BCUT2D eigenvalue weighted by molar-refractivity contribution is 5.92. The highest BCUT2D eigenvalue weighted by Gasteiger charge is 2.27. The number of rotatable bonds is 4. The highest BCUT2D eigenvalue weighted by Crippen LogP contribution is 2.13. The van der Waals surface area contributed by atoms with Crippen LogP contribution in [-0.2, 0) is 19.1 Å². The summed E-state index contributed by atoms with van der Waals surface area (Å²) in [6, 6.07) is -0.806. The van der Waals surface area contributed by atoms with Gasteiger partial charge in [0.05, 0.1) is 19.6 Å². The molecule has 92 valence electrons. The third kappa shape index (κ3) is 4.91. The summed E-state index contributed by atoms with van der Waals surface area (Å²) in [7, 11) is 1.24. The minimum absolute atomic E-state index is 0.131. The van der Waals surface area contributed by atoms with E-state index in [-0.39, 0.29) is 18.1 Å². The van der Waals surface area contributed by atoms with Gasteiger partial charge in [-0.05, 0) is 6.92 Å². The summed E-state index contributed by atoms with van der Waals surface area (Å²) in [5.41, 5.74) is -0.593. The quantitative estimate of drug-likeness (QED) is 0.719. The predicted octanol–water partition coefficient (Wildman–Crippen LogP) is 0.669. The number of esters is 1. The maximum atomic E-state index is 11.6. The van der Waals surface area contributed by atoms with Crippen LogP contribution in [0.5, 0.6) is 0 Å². The Morgan fingerprint density at radius 2 is 1.75 bits per heavy atom. The fraction of sp³-hybridized carbons (Fsp3) is 0.727. The molecule has 16 heavy (non-hydrogen) atoms. The monoisotopic (exact) mass is 229 g/mol. The van der Waals surface area contributed by atoms with Crippen molar-refractivity contribution in [2.24, 2.45) is 5.41 Å². The summed E-state index contributed by atoms with van der Waals surface area (Å²) in [6.45, 7) is 6.53. The van der Waals surface area contributed by atoms with Gasteiger partial charge in [-0.2, -0.15) is 0 Å². The van der Waals surface area contributed by atoms with Gasteiger partial charge in [0, 0.05) is 5.41 Å². The first-order chi connectivity index (χ1) is 7.18. The number of amides is 1. The number of ether oxygens (including phenoxy) is 1. The molecule has 0 saturated carbocycles. The molecule has 0 aromatic carbocycles. The Morgan fingerprint density at radius 3 is 2.06 bits per heavy atom. The first-order valence-corrected chi connectivity index (χ1v) is 5.06. The Kier molecular flexibility index (Phi) is 5.14. The van der Waals surface area contributed by atoms with E-state index in [1.807, 2.05) is 0 Å². The molecule has 5 nitrogen and oxygen atoms in total. The normalized spacial score (nSPS) is 12.8. The molecule has 0 aliphatic heterocycles. The lowest BCUT2D eigenvalue weighted by Crippen LogP contribution is -2.46. The zero-order valence-electron chi connectivity index (χ0n) is 10.4. The average Bonchev–Trinajstić information content (AvgIpc) is 2.14. The van der Waals surface area contributed by atoms with Crippen molar-refractivity contribution in [3.8, 4) is 0 Å². The largest absolute Gasteiger partial charge is 0.469 e. The fourth-order valence-electron chi connectivity index (χ4n) is 0.921. The predicted molar refractivity (Wildman–Crippen MR) is 58.7 cm³/mol. The Hall–Kier alpha value is -1.39. The van der Waals surface area contributed by atoms with Gasteiger partial charge in [-0.25, -0.2) is 0 Å². The van der Waals surface area contributed by atoms with Crippen molar-refractivity contribution in [2.45, 2.75) is 40.2 Å². The minimum Gasteiger partial charge on any atom is -0.469 e. The number of carbonyl (C=O) groups excluding carboxylic acids is 3. The molecule has 1 amide bonds. The van der Waals surface area contributed by atoms with Crippen molar-refractivity contribution in [1.29, 1.82) is 0 Å². The van der Waals surface area contributed by atoms with Crippen molar-refractivity contribution < 1.29 is 19.1 Å². The van der Waals surface area contributed by atoms with E-state index in [2.05, 4.69) is 10.1 Å². The van der Waals surface area contributed by atoms with Gasteiger partial charge in [0.2, 0.25) is 5.91 Å². The Balaban J connectivity index is 4.53. The summed E-state index contributed by atoms with van der Waals surface area (Å²) < 4.78 is 4.46. The van der Waals surface area contributed by atoms with E-state index in [1.54, 1.807) is 20.8 Å². The third-order valence-electron chi connectivity index (χ3n) is 2.08. The third-order valence-corrected chi connectivity index (χ3v) is 2.08. The van der Waals surface area contributed by atoms with Crippen molar-refractivity contribution in [3.63, 3.8) is 0 Å². The topological polar surface area (TPSA) is 72.5 Å². The van der Waals surface area contributed by atoms with Crippen LogP contribution >= 0.6 is 0 Å². The molecule has 0 fully saturated rings. The molecule has 1 atom stereocenters. The molecule has 5 heteroatoms. The van der Waals surface area contributed by atoms with Gasteiger partial charge >= 0.3 is 5.97 Å². The Morgan fingerprint density at radius 1 is 1.25 bits per heavy atom. The van der Waals surface area contributed by atoms with Crippen LogP contribution in [0.25, 0.3) is 0 Å². The second kappa shape index (κ2) is 5.63. The van der Waals surface area contributed by atoms with Crippen LogP contribution in [-0.4, -0.2) is 30.8 Å². The van der Waals surface area contributed by atoms with Crippen molar-refractivity contribution in [1.82, 2.24) is 5.32 Å². The number of Topliss-reactive ketones (excluding diaryl/α,β-unsaturated/α-hetero) is 1. The van der Waals surface area contributed by atoms with Gasteiger partial charge in [0.1, 0.15) is 0 Å². The van der Waals surface area contributed by atoms with Crippen LogP contribution in [0.1, 0.15) is 34.1 Å². The van der Waals surface area contributed by atoms with Crippen LogP contribution < -0.4 is 5.32 Å². The molecule has 0 radical (unpaired) electrons. The average molecular weight is 229 g/mol. The first kappa shape index (κ1) is 14.6. The molecular formula is C11H19NO4. The number of methoxy groups -OCH3 is 1. The molecule has 0 aliphatic carbocycles. The van der Waals surface area contributed by atoms with Gasteiger partial charge in [-0.1, -0.05) is 20.8 Å². The van der Waals surface area contributed by atoms with E-state index in [1.165, 1.54) is 14.0 Å². The molecule has 0 saturated heterocycles. The van der Waals surface area contributed by atoms with E-state index in [4.69, 9.17) is 0 Å². The van der Waals surface area contributed by atoms with E-state index in [9.17, 15) is 14.4 Å². The van der Waals surface area contributed by atoms with E-state index in [0.717, 1.165) is 0 Å². The van der Waals surface area contributed by atoms with E-state index < -0.39 is 17.4 Å². The lowest BCUT2D eigenvalue weighted by atomic mass is 9.94. The van der Waals surface area contributed by atoms with E-state index >= 15 is 0 Å². The van der Waals surface area contributed by atoms with Gasteiger partial charge < -0.3 is 10.1 Å². The molecule has 0 aromatic rings. The molecule has 0 aromatic heterocycles. The van der Waals surface area contributed by atoms with Gasteiger partial charge in [-0.15, -0.1) is 0 Å². The van der Waals surface area contributed by atoms with Crippen LogP contribution in [0.4, 0.5) is 0 Å². The second-order valence-corrected chi connectivity index (χ2v) is 4.67. The summed E-state index contributed by atoms with van der Waals surface area (Å²) in [6.07, 6.45) is -0.131. The fourth-order valence-corrected chi connectivity index (χ4v) is 0.921. The van der Waals surface area contributed by atoms with Gasteiger partial charge in [0.25, 0.3) is 0 Å². The van der Waals surface area contributed by atoms with Crippen molar-refractivity contribution in [3.05, 3.63) is 0 Å². The first-order valence-electron chi connectivity index (χ1n) is 5.06. The molecule has 0 heterocycles. The lowest BCUT2D eigenvalue weighted by molar-refractivity contribution is -0.143. The summed E-state index contributed by atoms with van der Waals surface area (Å²) in [4.78, 5) is 33.9. The van der Waals surface area contributed by atoms with E-state index in [0.29, 0.717) is 0 Å². The maximum Gasteiger partial charge on any atom is 0.308 e. The SMILES string of the molecule is COC(=O)CC(NC(=O)C(C)(C)C)C(C)=O. The van der Waals surface area contributed by atoms with Crippen LogP contribution in [0.3, 0.4) is 0 Å². The lowest BCUT2D eigenvalue weighted by Gasteiger charge is -2.22.